The zero-order valence-corrected chi connectivity index (χ0v) is 10.6. The molecule has 5 heteroatoms. The molecule has 0 atom stereocenters. The average Bonchev–Trinajstić information content (AvgIpc) is 2.56. The van der Waals surface area contributed by atoms with Crippen LogP contribution in [0, 0.1) is 6.92 Å². The Balaban J connectivity index is 0.00000112. The number of nitrogen functional groups attached to an aromatic ring is 1. The summed E-state index contributed by atoms with van der Waals surface area (Å²) in [5.74, 6) is 0.700. The number of aryl methyl sites for hydroxylation is 1. The lowest BCUT2D eigenvalue weighted by atomic mass is 10.1. The zero-order valence-electron chi connectivity index (χ0n) is 8.96. The molecular weight excluding hydrogens is 245 g/mol. The maximum Gasteiger partial charge on any atom is 0.122 e. The lowest BCUT2D eigenvalue weighted by Crippen LogP contribution is -2.05. The van der Waals surface area contributed by atoms with E-state index in [0.717, 1.165) is 6.54 Å². The largest absolute Gasteiger partial charge is 0.384 e. The SMILES string of the molecule is Cc1ccc(Cn2nccc2N)cc1.Cl.Cl. The van der Waals surface area contributed by atoms with Crippen LogP contribution in [0.2, 0.25) is 0 Å². The Morgan fingerprint density at radius 3 is 2.25 bits per heavy atom. The molecule has 16 heavy (non-hydrogen) atoms. The predicted molar refractivity (Wildman–Crippen MR) is 71.4 cm³/mol. The second-order valence-corrected chi connectivity index (χ2v) is 3.40. The highest BCUT2D eigenvalue weighted by molar-refractivity contribution is 5.85. The van der Waals surface area contributed by atoms with Crippen molar-refractivity contribution >= 4 is 30.6 Å². The fourth-order valence-electron chi connectivity index (χ4n) is 1.34. The van der Waals surface area contributed by atoms with Gasteiger partial charge in [-0.2, -0.15) is 5.10 Å². The zero-order chi connectivity index (χ0) is 9.97. The van der Waals surface area contributed by atoms with Crippen molar-refractivity contribution < 1.29 is 0 Å². The number of anilines is 1. The first-order valence-electron chi connectivity index (χ1n) is 4.58. The van der Waals surface area contributed by atoms with Gasteiger partial charge in [0.15, 0.2) is 0 Å². The number of aromatic nitrogens is 2. The molecule has 3 nitrogen and oxygen atoms in total. The lowest BCUT2D eigenvalue weighted by Gasteiger charge is -2.04. The number of nitrogens with zero attached hydrogens (tertiary/aromatic N) is 2. The number of nitrogens with two attached hydrogens (primary N) is 1. The van der Waals surface area contributed by atoms with Crippen LogP contribution in [0.4, 0.5) is 5.82 Å². The molecule has 0 spiro atoms. The fraction of sp³-hybridized carbons (Fsp3) is 0.182. The second kappa shape index (κ2) is 6.40. The molecule has 0 saturated heterocycles. The van der Waals surface area contributed by atoms with E-state index >= 15 is 0 Å². The molecule has 0 radical (unpaired) electrons. The quantitative estimate of drug-likeness (QED) is 0.902. The minimum absolute atomic E-state index is 0. The normalized spacial score (nSPS) is 9.06. The van der Waals surface area contributed by atoms with E-state index in [-0.39, 0.29) is 24.8 Å². The van der Waals surface area contributed by atoms with Gasteiger partial charge in [-0.3, -0.25) is 0 Å². The molecule has 0 aliphatic heterocycles. The van der Waals surface area contributed by atoms with Crippen LogP contribution in [0.3, 0.4) is 0 Å². The molecule has 0 unspecified atom stereocenters. The van der Waals surface area contributed by atoms with Crippen LogP contribution >= 0.6 is 24.8 Å². The number of hydrogen-bond donors (Lipinski definition) is 1. The molecule has 1 heterocycles. The molecule has 2 rings (SSSR count). The third kappa shape index (κ3) is 3.43. The Morgan fingerprint density at radius 2 is 1.75 bits per heavy atom. The van der Waals surface area contributed by atoms with Crippen molar-refractivity contribution in [2.24, 2.45) is 0 Å². The molecule has 1 aromatic carbocycles. The minimum Gasteiger partial charge on any atom is -0.384 e. The summed E-state index contributed by atoms with van der Waals surface area (Å²) >= 11 is 0. The monoisotopic (exact) mass is 259 g/mol. The highest BCUT2D eigenvalue weighted by Gasteiger charge is 1.98. The van der Waals surface area contributed by atoms with Crippen molar-refractivity contribution in [1.29, 1.82) is 0 Å². The van der Waals surface area contributed by atoms with Crippen LogP contribution in [-0.2, 0) is 6.54 Å². The Kier molecular flexibility index (Phi) is 5.93. The van der Waals surface area contributed by atoms with E-state index in [1.54, 1.807) is 16.9 Å². The van der Waals surface area contributed by atoms with Crippen LogP contribution in [-0.4, -0.2) is 9.78 Å². The van der Waals surface area contributed by atoms with Gasteiger partial charge in [-0.25, -0.2) is 4.68 Å². The lowest BCUT2D eigenvalue weighted by molar-refractivity contribution is 0.697. The highest BCUT2D eigenvalue weighted by Crippen LogP contribution is 2.07. The third-order valence-electron chi connectivity index (χ3n) is 2.20. The fourth-order valence-corrected chi connectivity index (χ4v) is 1.34. The van der Waals surface area contributed by atoms with Crippen LogP contribution < -0.4 is 5.73 Å². The maximum atomic E-state index is 5.72. The third-order valence-corrected chi connectivity index (χ3v) is 2.20. The van der Waals surface area contributed by atoms with Crippen LogP contribution in [0.1, 0.15) is 11.1 Å². The Morgan fingerprint density at radius 1 is 1.12 bits per heavy atom. The number of halogens is 2. The smallest absolute Gasteiger partial charge is 0.122 e. The maximum absolute atomic E-state index is 5.72. The van der Waals surface area contributed by atoms with Gasteiger partial charge in [0, 0.05) is 0 Å². The van der Waals surface area contributed by atoms with E-state index in [1.807, 2.05) is 0 Å². The molecule has 1 aromatic heterocycles. The van der Waals surface area contributed by atoms with Crippen molar-refractivity contribution in [3.8, 4) is 0 Å². The summed E-state index contributed by atoms with van der Waals surface area (Å²) in [5.41, 5.74) is 8.20. The topological polar surface area (TPSA) is 43.8 Å². The molecule has 0 amide bonds. The van der Waals surface area contributed by atoms with Crippen LogP contribution in [0.5, 0.6) is 0 Å². The van der Waals surface area contributed by atoms with Crippen LogP contribution in [0.25, 0.3) is 0 Å². The van der Waals surface area contributed by atoms with Gasteiger partial charge >= 0.3 is 0 Å². The molecule has 0 bridgehead atoms. The number of rotatable bonds is 2. The Labute approximate surface area is 107 Å². The van der Waals surface area contributed by atoms with Crippen molar-refractivity contribution in [1.82, 2.24) is 9.78 Å². The molecule has 0 saturated carbocycles. The van der Waals surface area contributed by atoms with Crippen molar-refractivity contribution in [3.05, 3.63) is 47.7 Å². The Hall–Kier alpha value is -1.19. The summed E-state index contributed by atoms with van der Waals surface area (Å²) in [6.45, 7) is 2.81. The standard InChI is InChI=1S/C11H13N3.2ClH/c1-9-2-4-10(5-3-9)8-14-11(12)6-7-13-14;;/h2-7H,8,12H2,1H3;2*1H. The van der Waals surface area contributed by atoms with Gasteiger partial charge < -0.3 is 5.73 Å². The van der Waals surface area contributed by atoms with Crippen LogP contribution in [0.15, 0.2) is 36.5 Å². The van der Waals surface area contributed by atoms with Gasteiger partial charge in [-0.15, -0.1) is 24.8 Å². The van der Waals surface area contributed by atoms with Crippen molar-refractivity contribution in [2.45, 2.75) is 13.5 Å². The first-order valence-corrected chi connectivity index (χ1v) is 4.58. The summed E-state index contributed by atoms with van der Waals surface area (Å²) in [4.78, 5) is 0. The number of benzene rings is 1. The van der Waals surface area contributed by atoms with Gasteiger partial charge in [-0.05, 0) is 18.6 Å². The summed E-state index contributed by atoms with van der Waals surface area (Å²) < 4.78 is 1.78. The Bertz CT molecular complexity index is 423. The van der Waals surface area contributed by atoms with Crippen molar-refractivity contribution in [2.75, 3.05) is 5.73 Å². The van der Waals surface area contributed by atoms with Crippen molar-refractivity contribution in [3.63, 3.8) is 0 Å². The van der Waals surface area contributed by atoms with Gasteiger partial charge in [0.1, 0.15) is 5.82 Å². The summed E-state index contributed by atoms with van der Waals surface area (Å²) in [7, 11) is 0. The summed E-state index contributed by atoms with van der Waals surface area (Å²) in [6, 6.07) is 10.2. The van der Waals surface area contributed by atoms with Gasteiger partial charge in [0.25, 0.3) is 0 Å². The molecule has 0 fully saturated rings. The van der Waals surface area contributed by atoms with E-state index in [4.69, 9.17) is 5.73 Å². The number of hydrogen-bond acceptors (Lipinski definition) is 2. The summed E-state index contributed by atoms with van der Waals surface area (Å²) in [6.07, 6.45) is 1.71. The average molecular weight is 260 g/mol. The van der Waals surface area contributed by atoms with E-state index < -0.39 is 0 Å². The molecule has 2 aromatic rings. The molecule has 0 aliphatic carbocycles. The van der Waals surface area contributed by atoms with E-state index in [0.29, 0.717) is 5.82 Å². The van der Waals surface area contributed by atoms with Gasteiger partial charge in [-0.1, -0.05) is 29.8 Å². The molecular formula is C11H15Cl2N3. The van der Waals surface area contributed by atoms with Gasteiger partial charge in [0.05, 0.1) is 12.7 Å². The molecule has 88 valence electrons. The van der Waals surface area contributed by atoms with Gasteiger partial charge in [0.2, 0.25) is 0 Å². The molecule has 0 aliphatic rings. The highest BCUT2D eigenvalue weighted by atomic mass is 35.5. The summed E-state index contributed by atoms with van der Waals surface area (Å²) in [5, 5.41) is 4.13. The predicted octanol–water partition coefficient (Wildman–Crippen LogP) is 2.67. The molecule has 2 N–H and O–H groups in total. The van der Waals surface area contributed by atoms with E-state index in [2.05, 4.69) is 36.3 Å². The van der Waals surface area contributed by atoms with E-state index in [1.165, 1.54) is 11.1 Å². The first-order chi connectivity index (χ1) is 6.75. The minimum atomic E-state index is 0. The van der Waals surface area contributed by atoms with E-state index in [9.17, 15) is 0 Å². The first kappa shape index (κ1) is 14.8. The second-order valence-electron chi connectivity index (χ2n) is 3.40.